The van der Waals surface area contributed by atoms with Crippen molar-refractivity contribution in [3.05, 3.63) is 23.7 Å². The number of esters is 1. The molecule has 2 rings (SSSR count). The van der Waals surface area contributed by atoms with Crippen LogP contribution in [-0.2, 0) is 4.74 Å². The van der Waals surface area contributed by atoms with Crippen LogP contribution < -0.4 is 5.32 Å². The van der Waals surface area contributed by atoms with Gasteiger partial charge in [-0.15, -0.1) is 0 Å². The molecule has 0 aromatic carbocycles. The molecule has 1 fully saturated rings. The van der Waals surface area contributed by atoms with Crippen LogP contribution in [0.15, 0.2) is 16.5 Å². The molecular weight excluding hydrogens is 182 g/mol. The third kappa shape index (κ3) is 1.65. The van der Waals surface area contributed by atoms with Crippen molar-refractivity contribution >= 4 is 5.97 Å². The molecule has 76 valence electrons. The maximum atomic E-state index is 11.1. The Balaban J connectivity index is 2.12. The maximum Gasteiger partial charge on any atom is 0.373 e. The van der Waals surface area contributed by atoms with Crippen molar-refractivity contribution < 1.29 is 13.9 Å². The summed E-state index contributed by atoms with van der Waals surface area (Å²) in [5.41, 5.74) is 0. The standard InChI is InChI=1S/C10H13NO3/c1-13-10(12)9-3-2-8(14-9)7-4-5-11-6-7/h2-3,7,11H,4-6H2,1H3. The third-order valence-electron chi connectivity index (χ3n) is 2.48. The van der Waals surface area contributed by atoms with Crippen LogP contribution in [0.5, 0.6) is 0 Å². The highest BCUT2D eigenvalue weighted by atomic mass is 16.5. The van der Waals surface area contributed by atoms with E-state index in [-0.39, 0.29) is 5.76 Å². The highest BCUT2D eigenvalue weighted by Crippen LogP contribution is 2.24. The predicted molar refractivity (Wildman–Crippen MR) is 50.3 cm³/mol. The van der Waals surface area contributed by atoms with E-state index in [0.29, 0.717) is 5.92 Å². The first-order chi connectivity index (χ1) is 6.81. The quantitative estimate of drug-likeness (QED) is 0.719. The summed E-state index contributed by atoms with van der Waals surface area (Å²) in [6, 6.07) is 3.52. The van der Waals surface area contributed by atoms with Gasteiger partial charge in [0.1, 0.15) is 5.76 Å². The number of hydrogen-bond acceptors (Lipinski definition) is 4. The summed E-state index contributed by atoms with van der Waals surface area (Å²) in [6.45, 7) is 1.94. The summed E-state index contributed by atoms with van der Waals surface area (Å²) in [4.78, 5) is 11.1. The molecule has 0 saturated carbocycles. The molecule has 1 aromatic rings. The second-order valence-corrected chi connectivity index (χ2v) is 3.38. The Labute approximate surface area is 82.2 Å². The maximum absolute atomic E-state index is 11.1. The van der Waals surface area contributed by atoms with E-state index >= 15 is 0 Å². The van der Waals surface area contributed by atoms with Crippen LogP contribution in [0.1, 0.15) is 28.7 Å². The molecule has 1 aliphatic rings. The Morgan fingerprint density at radius 1 is 1.64 bits per heavy atom. The zero-order valence-corrected chi connectivity index (χ0v) is 8.08. The van der Waals surface area contributed by atoms with Crippen LogP contribution in [0.4, 0.5) is 0 Å². The highest BCUT2D eigenvalue weighted by molar-refractivity contribution is 5.86. The first-order valence-corrected chi connectivity index (χ1v) is 4.70. The van der Waals surface area contributed by atoms with Gasteiger partial charge in [0.15, 0.2) is 0 Å². The fourth-order valence-corrected chi connectivity index (χ4v) is 1.68. The van der Waals surface area contributed by atoms with E-state index in [2.05, 4.69) is 10.1 Å². The van der Waals surface area contributed by atoms with Gasteiger partial charge in [-0.25, -0.2) is 4.79 Å². The van der Waals surface area contributed by atoms with Crippen LogP contribution >= 0.6 is 0 Å². The van der Waals surface area contributed by atoms with Crippen molar-refractivity contribution in [2.45, 2.75) is 12.3 Å². The fourth-order valence-electron chi connectivity index (χ4n) is 1.68. The molecule has 1 atom stereocenters. The summed E-state index contributed by atoms with van der Waals surface area (Å²) in [6.07, 6.45) is 1.06. The molecule has 2 heterocycles. The number of nitrogens with one attached hydrogen (secondary N) is 1. The molecule has 1 saturated heterocycles. The van der Waals surface area contributed by atoms with Crippen LogP contribution in [0.3, 0.4) is 0 Å². The average molecular weight is 195 g/mol. The summed E-state index contributed by atoms with van der Waals surface area (Å²) in [7, 11) is 1.35. The smallest absolute Gasteiger partial charge is 0.373 e. The van der Waals surface area contributed by atoms with Crippen molar-refractivity contribution in [3.8, 4) is 0 Å². The number of ether oxygens (including phenoxy) is 1. The Morgan fingerprint density at radius 2 is 2.50 bits per heavy atom. The molecule has 14 heavy (non-hydrogen) atoms. The third-order valence-corrected chi connectivity index (χ3v) is 2.48. The van der Waals surface area contributed by atoms with Crippen molar-refractivity contribution in [1.82, 2.24) is 5.32 Å². The zero-order chi connectivity index (χ0) is 9.97. The summed E-state index contributed by atoms with van der Waals surface area (Å²) in [5.74, 6) is 1.14. The van der Waals surface area contributed by atoms with Crippen LogP contribution in [0.25, 0.3) is 0 Å². The van der Waals surface area contributed by atoms with E-state index in [1.54, 1.807) is 6.07 Å². The van der Waals surface area contributed by atoms with E-state index in [4.69, 9.17) is 4.42 Å². The fraction of sp³-hybridized carbons (Fsp3) is 0.500. The molecule has 4 nitrogen and oxygen atoms in total. The lowest BCUT2D eigenvalue weighted by Crippen LogP contribution is -2.07. The van der Waals surface area contributed by atoms with Gasteiger partial charge in [0.05, 0.1) is 7.11 Å². The van der Waals surface area contributed by atoms with Crippen molar-refractivity contribution in [1.29, 1.82) is 0 Å². The molecule has 4 heteroatoms. The number of carbonyl (C=O) groups excluding carboxylic acids is 1. The number of methoxy groups -OCH3 is 1. The topological polar surface area (TPSA) is 51.5 Å². The molecule has 1 N–H and O–H groups in total. The van der Waals surface area contributed by atoms with Crippen LogP contribution in [0.2, 0.25) is 0 Å². The monoisotopic (exact) mass is 195 g/mol. The van der Waals surface area contributed by atoms with E-state index in [1.165, 1.54) is 7.11 Å². The van der Waals surface area contributed by atoms with E-state index in [0.717, 1.165) is 25.3 Å². The number of rotatable bonds is 2. The lowest BCUT2D eigenvalue weighted by atomic mass is 10.1. The second-order valence-electron chi connectivity index (χ2n) is 3.38. The van der Waals surface area contributed by atoms with E-state index < -0.39 is 5.97 Å². The molecule has 1 aromatic heterocycles. The molecule has 1 unspecified atom stereocenters. The van der Waals surface area contributed by atoms with Crippen molar-refractivity contribution in [2.24, 2.45) is 0 Å². The average Bonchev–Trinajstić information content (AvgIpc) is 2.86. The van der Waals surface area contributed by atoms with E-state index in [9.17, 15) is 4.79 Å². The zero-order valence-electron chi connectivity index (χ0n) is 8.08. The SMILES string of the molecule is COC(=O)c1ccc(C2CCNC2)o1. The van der Waals surface area contributed by atoms with Crippen molar-refractivity contribution in [2.75, 3.05) is 20.2 Å². The van der Waals surface area contributed by atoms with Gasteiger partial charge in [-0.3, -0.25) is 0 Å². The van der Waals surface area contributed by atoms with Crippen molar-refractivity contribution in [3.63, 3.8) is 0 Å². The Morgan fingerprint density at radius 3 is 3.14 bits per heavy atom. The normalized spacial score (nSPS) is 21.1. The largest absolute Gasteiger partial charge is 0.463 e. The van der Waals surface area contributed by atoms with Gasteiger partial charge in [0, 0.05) is 12.5 Å². The van der Waals surface area contributed by atoms with Crippen LogP contribution in [-0.4, -0.2) is 26.2 Å². The Kier molecular flexibility index (Phi) is 2.54. The molecule has 0 aliphatic carbocycles. The Bertz CT molecular complexity index is 326. The molecule has 0 amide bonds. The minimum atomic E-state index is -0.415. The minimum Gasteiger partial charge on any atom is -0.463 e. The lowest BCUT2D eigenvalue weighted by molar-refractivity contribution is 0.0562. The minimum absolute atomic E-state index is 0.286. The van der Waals surface area contributed by atoms with Crippen LogP contribution in [0, 0.1) is 0 Å². The molecule has 0 radical (unpaired) electrons. The summed E-state index contributed by atoms with van der Waals surface area (Å²) in [5, 5.41) is 3.25. The molecule has 1 aliphatic heterocycles. The second kappa shape index (κ2) is 3.84. The molecule has 0 spiro atoms. The van der Waals surface area contributed by atoms with Gasteiger partial charge in [-0.1, -0.05) is 0 Å². The highest BCUT2D eigenvalue weighted by Gasteiger charge is 2.21. The van der Waals surface area contributed by atoms with Gasteiger partial charge >= 0.3 is 5.97 Å². The van der Waals surface area contributed by atoms with Gasteiger partial charge in [-0.2, -0.15) is 0 Å². The number of furan rings is 1. The Hall–Kier alpha value is -1.29. The van der Waals surface area contributed by atoms with Gasteiger partial charge in [-0.05, 0) is 25.1 Å². The lowest BCUT2D eigenvalue weighted by Gasteiger charge is -2.02. The van der Waals surface area contributed by atoms with Gasteiger partial charge in [0.25, 0.3) is 0 Å². The molecular formula is C10H13NO3. The van der Waals surface area contributed by atoms with Gasteiger partial charge in [0.2, 0.25) is 5.76 Å². The first-order valence-electron chi connectivity index (χ1n) is 4.70. The van der Waals surface area contributed by atoms with E-state index in [1.807, 2.05) is 6.07 Å². The number of hydrogen-bond donors (Lipinski definition) is 1. The predicted octanol–water partition coefficient (Wildman–Crippen LogP) is 1.14. The first kappa shape index (κ1) is 9.27. The molecule has 0 bridgehead atoms. The summed E-state index contributed by atoms with van der Waals surface area (Å²) < 4.78 is 9.97. The summed E-state index contributed by atoms with van der Waals surface area (Å²) >= 11 is 0. The number of carbonyl (C=O) groups is 1. The van der Waals surface area contributed by atoms with Gasteiger partial charge < -0.3 is 14.5 Å².